The maximum atomic E-state index is 12.3. The van der Waals surface area contributed by atoms with E-state index in [1.807, 2.05) is 0 Å². The van der Waals surface area contributed by atoms with Crippen LogP contribution < -0.4 is 5.73 Å². The topological polar surface area (TPSA) is 43.1 Å². The lowest BCUT2D eigenvalue weighted by Crippen LogP contribution is -2.35. The van der Waals surface area contributed by atoms with Crippen molar-refractivity contribution >= 4 is 5.78 Å². The van der Waals surface area contributed by atoms with Gasteiger partial charge in [0.25, 0.3) is 0 Å². The zero-order valence-corrected chi connectivity index (χ0v) is 15.2. The Kier molecular flexibility index (Phi) is 15.3. The summed E-state index contributed by atoms with van der Waals surface area (Å²) in [5.41, 5.74) is 6.16. The predicted molar refractivity (Wildman–Crippen MR) is 97.8 cm³/mol. The van der Waals surface area contributed by atoms with Crippen LogP contribution in [-0.2, 0) is 4.79 Å². The molecule has 0 bridgehead atoms. The standard InChI is InChI=1S/C20H40NO/c1-4-7-9-10-11-12-13-14-15-17-20(22)18(6-3)19(21)16-8-5-2/h18-19H,3-17,21H2,1-2H3. The third-order valence-corrected chi connectivity index (χ3v) is 4.66. The molecule has 2 atom stereocenters. The second-order valence-electron chi connectivity index (χ2n) is 6.75. The van der Waals surface area contributed by atoms with E-state index in [1.54, 1.807) is 0 Å². The molecule has 2 unspecified atom stereocenters. The van der Waals surface area contributed by atoms with Gasteiger partial charge < -0.3 is 5.73 Å². The van der Waals surface area contributed by atoms with Crippen LogP contribution in [0.4, 0.5) is 0 Å². The molecule has 0 fully saturated rings. The van der Waals surface area contributed by atoms with Crippen LogP contribution in [0.1, 0.15) is 104 Å². The van der Waals surface area contributed by atoms with E-state index >= 15 is 0 Å². The van der Waals surface area contributed by atoms with Crippen LogP contribution in [-0.4, -0.2) is 11.8 Å². The highest BCUT2D eigenvalue weighted by molar-refractivity contribution is 5.81. The second-order valence-corrected chi connectivity index (χ2v) is 6.75. The summed E-state index contributed by atoms with van der Waals surface area (Å²) < 4.78 is 0. The highest BCUT2D eigenvalue weighted by Gasteiger charge is 2.22. The lowest BCUT2D eigenvalue weighted by Gasteiger charge is -2.21. The molecule has 0 spiro atoms. The van der Waals surface area contributed by atoms with Crippen LogP contribution in [0.5, 0.6) is 0 Å². The molecule has 2 nitrogen and oxygen atoms in total. The SMILES string of the molecule is [CH2]CC(C(=O)CCCCCCCCCCC)C(N)CCCC. The number of Topliss-reactive ketones (excluding diaryl/α,β-unsaturated/α-hetero) is 1. The summed E-state index contributed by atoms with van der Waals surface area (Å²) in [7, 11) is 0. The van der Waals surface area contributed by atoms with Gasteiger partial charge in [0.05, 0.1) is 0 Å². The Morgan fingerprint density at radius 1 is 0.864 bits per heavy atom. The summed E-state index contributed by atoms with van der Waals surface area (Å²) in [5.74, 6) is 0.335. The van der Waals surface area contributed by atoms with Crippen LogP contribution in [0.25, 0.3) is 0 Å². The number of unbranched alkanes of at least 4 members (excludes halogenated alkanes) is 9. The van der Waals surface area contributed by atoms with E-state index < -0.39 is 0 Å². The van der Waals surface area contributed by atoms with Crippen molar-refractivity contribution in [1.29, 1.82) is 0 Å². The van der Waals surface area contributed by atoms with Crippen LogP contribution in [0.2, 0.25) is 0 Å². The average Bonchev–Trinajstić information content (AvgIpc) is 2.52. The van der Waals surface area contributed by atoms with Gasteiger partial charge in [0.15, 0.2) is 0 Å². The van der Waals surface area contributed by atoms with E-state index in [9.17, 15) is 4.79 Å². The van der Waals surface area contributed by atoms with Crippen molar-refractivity contribution in [3.8, 4) is 0 Å². The fourth-order valence-corrected chi connectivity index (χ4v) is 3.05. The predicted octanol–water partition coefficient (Wildman–Crippen LogP) is 5.83. The van der Waals surface area contributed by atoms with Gasteiger partial charge >= 0.3 is 0 Å². The zero-order valence-electron chi connectivity index (χ0n) is 15.2. The zero-order chi connectivity index (χ0) is 16.6. The number of carbonyl (C=O) groups excluding carboxylic acids is 1. The quantitative estimate of drug-likeness (QED) is 0.364. The summed E-state index contributed by atoms with van der Waals surface area (Å²) in [6.07, 6.45) is 16.2. The fraction of sp³-hybridized carbons (Fsp3) is 0.900. The van der Waals surface area contributed by atoms with Gasteiger partial charge in [0.1, 0.15) is 5.78 Å². The lowest BCUT2D eigenvalue weighted by molar-refractivity contribution is -0.123. The molecular weight excluding hydrogens is 270 g/mol. The Labute approximate surface area is 139 Å². The van der Waals surface area contributed by atoms with E-state index in [2.05, 4.69) is 20.8 Å². The lowest BCUT2D eigenvalue weighted by atomic mass is 9.87. The van der Waals surface area contributed by atoms with Gasteiger partial charge in [-0.2, -0.15) is 0 Å². The molecule has 2 N–H and O–H groups in total. The minimum Gasteiger partial charge on any atom is -0.327 e. The van der Waals surface area contributed by atoms with Crippen molar-refractivity contribution < 1.29 is 4.79 Å². The van der Waals surface area contributed by atoms with E-state index in [0.29, 0.717) is 18.6 Å². The molecule has 0 amide bonds. The maximum absolute atomic E-state index is 12.3. The third kappa shape index (κ3) is 11.2. The molecule has 0 aromatic carbocycles. The number of carbonyl (C=O) groups is 1. The second kappa shape index (κ2) is 15.5. The molecule has 1 radical (unpaired) electrons. The molecular formula is C20H40NO. The molecule has 0 aromatic rings. The molecule has 0 heterocycles. The van der Waals surface area contributed by atoms with Gasteiger partial charge in [0, 0.05) is 18.4 Å². The van der Waals surface area contributed by atoms with Crippen molar-refractivity contribution in [2.45, 2.75) is 110 Å². The maximum Gasteiger partial charge on any atom is 0.137 e. The van der Waals surface area contributed by atoms with E-state index in [0.717, 1.165) is 25.7 Å². The normalized spacial score (nSPS) is 14.0. The van der Waals surface area contributed by atoms with Gasteiger partial charge in [-0.05, 0) is 19.3 Å². The molecule has 0 aromatic heterocycles. The van der Waals surface area contributed by atoms with Gasteiger partial charge in [-0.1, -0.05) is 85.0 Å². The highest BCUT2D eigenvalue weighted by atomic mass is 16.1. The molecule has 0 saturated heterocycles. The van der Waals surface area contributed by atoms with E-state index in [1.165, 1.54) is 51.4 Å². The molecule has 2 heteroatoms. The molecule has 0 saturated carbocycles. The van der Waals surface area contributed by atoms with Gasteiger partial charge in [0.2, 0.25) is 0 Å². The van der Waals surface area contributed by atoms with Crippen LogP contribution in [0, 0.1) is 12.8 Å². The van der Waals surface area contributed by atoms with E-state index in [-0.39, 0.29) is 12.0 Å². The smallest absolute Gasteiger partial charge is 0.137 e. The van der Waals surface area contributed by atoms with Gasteiger partial charge in [-0.25, -0.2) is 0 Å². The minimum absolute atomic E-state index is 0.0133. The number of hydrogen-bond acceptors (Lipinski definition) is 2. The Morgan fingerprint density at radius 2 is 1.36 bits per heavy atom. The van der Waals surface area contributed by atoms with Crippen molar-refractivity contribution in [3.05, 3.63) is 6.92 Å². The Morgan fingerprint density at radius 3 is 1.86 bits per heavy atom. The third-order valence-electron chi connectivity index (χ3n) is 4.66. The first kappa shape index (κ1) is 21.6. The monoisotopic (exact) mass is 310 g/mol. The molecule has 0 rings (SSSR count). The molecule has 131 valence electrons. The summed E-state index contributed by atoms with van der Waals surface area (Å²) in [4.78, 5) is 12.3. The van der Waals surface area contributed by atoms with Gasteiger partial charge in [-0.3, -0.25) is 4.79 Å². The number of hydrogen-bond donors (Lipinski definition) is 1. The molecule has 0 aliphatic rings. The van der Waals surface area contributed by atoms with Crippen LogP contribution in [0.3, 0.4) is 0 Å². The van der Waals surface area contributed by atoms with Crippen molar-refractivity contribution in [2.75, 3.05) is 0 Å². The van der Waals surface area contributed by atoms with E-state index in [4.69, 9.17) is 5.73 Å². The summed E-state index contributed by atoms with van der Waals surface area (Å²) >= 11 is 0. The number of rotatable bonds is 16. The highest BCUT2D eigenvalue weighted by Crippen LogP contribution is 2.18. The average molecular weight is 311 g/mol. The van der Waals surface area contributed by atoms with Crippen LogP contribution in [0.15, 0.2) is 0 Å². The van der Waals surface area contributed by atoms with Crippen LogP contribution >= 0.6 is 0 Å². The van der Waals surface area contributed by atoms with Crippen molar-refractivity contribution in [2.24, 2.45) is 11.7 Å². The first-order valence-electron chi connectivity index (χ1n) is 9.74. The molecule has 0 aliphatic carbocycles. The van der Waals surface area contributed by atoms with Crippen molar-refractivity contribution in [3.63, 3.8) is 0 Å². The Balaban J connectivity index is 3.65. The molecule has 0 aliphatic heterocycles. The first-order chi connectivity index (χ1) is 10.7. The summed E-state index contributed by atoms with van der Waals surface area (Å²) in [6.45, 7) is 8.35. The first-order valence-corrected chi connectivity index (χ1v) is 9.74. The fourth-order valence-electron chi connectivity index (χ4n) is 3.05. The summed E-state index contributed by atoms with van der Waals surface area (Å²) in [5, 5.41) is 0. The molecule has 22 heavy (non-hydrogen) atoms. The Bertz CT molecular complexity index is 252. The largest absolute Gasteiger partial charge is 0.327 e. The minimum atomic E-state index is -0.0133. The number of nitrogens with two attached hydrogens (primary N) is 1. The number of ketones is 1. The Hall–Kier alpha value is -0.370. The van der Waals surface area contributed by atoms with Gasteiger partial charge in [-0.15, -0.1) is 0 Å². The summed E-state index contributed by atoms with van der Waals surface area (Å²) in [6, 6.07) is 0.0171. The van der Waals surface area contributed by atoms with Crippen molar-refractivity contribution in [1.82, 2.24) is 0 Å².